The Bertz CT molecular complexity index is 1210. The minimum Gasteiger partial charge on any atom is -0.479 e. The van der Waals surface area contributed by atoms with Crippen molar-refractivity contribution in [3.63, 3.8) is 0 Å². The van der Waals surface area contributed by atoms with Crippen LogP contribution in [0.4, 0.5) is 0 Å². The number of allylic oxidation sites excluding steroid dienone is 2. The molecule has 4 rings (SSSR count). The molecule has 1 atom stereocenters. The number of rotatable bonds is 4. The van der Waals surface area contributed by atoms with Crippen LogP contribution in [0.1, 0.15) is 34.3 Å². The van der Waals surface area contributed by atoms with Gasteiger partial charge in [0.2, 0.25) is 0 Å². The third-order valence-electron chi connectivity index (χ3n) is 5.31. The average Bonchev–Trinajstić information content (AvgIpc) is 3.03. The lowest BCUT2D eigenvalue weighted by molar-refractivity contribution is -0.136. The maximum Gasteiger partial charge on any atom is 0.336 e. The summed E-state index contributed by atoms with van der Waals surface area (Å²) in [4.78, 5) is 26.2. The first kappa shape index (κ1) is 21.9. The molecule has 0 bridgehead atoms. The van der Waals surface area contributed by atoms with Crippen molar-refractivity contribution in [2.45, 2.75) is 12.8 Å². The van der Waals surface area contributed by atoms with Gasteiger partial charge in [0.1, 0.15) is 12.4 Å². The van der Waals surface area contributed by atoms with Crippen molar-refractivity contribution in [3.05, 3.63) is 77.1 Å². The molecule has 0 spiro atoms. The standard InChI is InChI=1S/C24H17I2NO4/c1-4-9-31-23-16(25)10-13(11-17(23)26)19-18(24(29)30-3)12(2)27-21-14-7-5-6-8-15(14)22(28)20(19)21/h1,5-8,10-11,19,27H,9H2,2-3H3/t19-/m1/s1. The van der Waals surface area contributed by atoms with Crippen molar-refractivity contribution >= 4 is 62.6 Å². The van der Waals surface area contributed by atoms with E-state index in [0.29, 0.717) is 28.2 Å². The Hall–Kier alpha value is -2.32. The van der Waals surface area contributed by atoms with Crippen molar-refractivity contribution in [3.8, 4) is 18.1 Å². The second kappa shape index (κ2) is 8.67. The number of ether oxygens (including phenoxy) is 2. The first-order chi connectivity index (χ1) is 14.9. The fraction of sp³-hybridized carbons (Fsp3) is 0.167. The summed E-state index contributed by atoms with van der Waals surface area (Å²) >= 11 is 4.37. The van der Waals surface area contributed by atoms with Crippen LogP contribution < -0.4 is 10.1 Å². The first-order valence-electron chi connectivity index (χ1n) is 9.38. The highest BCUT2D eigenvalue weighted by Crippen LogP contribution is 2.47. The smallest absolute Gasteiger partial charge is 0.336 e. The van der Waals surface area contributed by atoms with Gasteiger partial charge in [-0.2, -0.15) is 0 Å². The van der Waals surface area contributed by atoms with E-state index in [0.717, 1.165) is 24.0 Å². The van der Waals surface area contributed by atoms with Gasteiger partial charge in [-0.1, -0.05) is 30.2 Å². The molecule has 0 radical (unpaired) electrons. The molecule has 0 unspecified atom stereocenters. The van der Waals surface area contributed by atoms with Gasteiger partial charge in [-0.05, 0) is 69.8 Å². The SMILES string of the molecule is C#CCOc1c(I)cc([C@@H]2C(C(=O)OC)=C(C)NC3=C2C(=O)c2ccccc23)cc1I. The number of hydrogen-bond acceptors (Lipinski definition) is 5. The molecule has 1 N–H and O–H groups in total. The average molecular weight is 637 g/mol. The first-order valence-corrected chi connectivity index (χ1v) is 11.5. The number of Topliss-reactive ketones (excluding diaryl/α,β-unsaturated/α-hetero) is 1. The molecule has 0 saturated heterocycles. The van der Waals surface area contributed by atoms with E-state index in [9.17, 15) is 9.59 Å². The molecule has 2 aromatic rings. The van der Waals surface area contributed by atoms with Crippen molar-refractivity contribution in [2.24, 2.45) is 0 Å². The minimum absolute atomic E-state index is 0.0883. The number of halogens is 2. The number of terminal acetylenes is 1. The van der Waals surface area contributed by atoms with Crippen LogP contribution in [0.5, 0.6) is 5.75 Å². The van der Waals surface area contributed by atoms with E-state index in [4.69, 9.17) is 15.9 Å². The second-order valence-electron chi connectivity index (χ2n) is 7.06. The van der Waals surface area contributed by atoms with Gasteiger partial charge in [-0.3, -0.25) is 4.79 Å². The molecular formula is C24H17I2NO4. The molecule has 0 saturated carbocycles. The van der Waals surface area contributed by atoms with Crippen LogP contribution in [-0.2, 0) is 9.53 Å². The zero-order valence-electron chi connectivity index (χ0n) is 16.7. The molecular weight excluding hydrogens is 620 g/mol. The number of ketones is 1. The van der Waals surface area contributed by atoms with Crippen LogP contribution in [0.3, 0.4) is 0 Å². The summed E-state index contributed by atoms with van der Waals surface area (Å²) in [6, 6.07) is 11.3. The Morgan fingerprint density at radius 2 is 1.84 bits per heavy atom. The van der Waals surface area contributed by atoms with Gasteiger partial charge in [-0.25, -0.2) is 4.79 Å². The topological polar surface area (TPSA) is 64.6 Å². The molecule has 0 fully saturated rings. The third-order valence-corrected chi connectivity index (χ3v) is 6.91. The lowest BCUT2D eigenvalue weighted by atomic mass is 9.80. The number of hydrogen-bond donors (Lipinski definition) is 1. The second-order valence-corrected chi connectivity index (χ2v) is 9.38. The van der Waals surface area contributed by atoms with E-state index in [-0.39, 0.29) is 12.4 Å². The molecule has 1 aliphatic heterocycles. The highest BCUT2D eigenvalue weighted by Gasteiger charge is 2.43. The number of methoxy groups -OCH3 is 1. The largest absolute Gasteiger partial charge is 0.479 e. The van der Waals surface area contributed by atoms with Gasteiger partial charge in [0.15, 0.2) is 5.78 Å². The summed E-state index contributed by atoms with van der Waals surface area (Å²) in [5.41, 5.74) is 4.67. The maximum absolute atomic E-state index is 13.4. The minimum atomic E-state index is -0.563. The molecule has 5 nitrogen and oxygen atoms in total. The Kier molecular flexibility index (Phi) is 6.12. The fourth-order valence-corrected chi connectivity index (χ4v) is 6.17. The van der Waals surface area contributed by atoms with E-state index in [1.54, 1.807) is 0 Å². The lowest BCUT2D eigenvalue weighted by Gasteiger charge is -2.29. The van der Waals surface area contributed by atoms with Gasteiger partial charge in [-0.15, -0.1) is 6.42 Å². The number of carbonyl (C=O) groups excluding carboxylic acids is 2. The number of benzene rings is 2. The van der Waals surface area contributed by atoms with Gasteiger partial charge >= 0.3 is 5.97 Å². The third kappa shape index (κ3) is 3.65. The summed E-state index contributed by atoms with van der Waals surface area (Å²) < 4.78 is 12.5. The highest BCUT2D eigenvalue weighted by molar-refractivity contribution is 14.1. The summed E-state index contributed by atoms with van der Waals surface area (Å²) in [6.45, 7) is 1.99. The Morgan fingerprint density at radius 1 is 1.19 bits per heavy atom. The molecule has 0 aromatic heterocycles. The van der Waals surface area contributed by atoms with E-state index in [2.05, 4.69) is 56.4 Å². The molecule has 7 heteroatoms. The van der Waals surface area contributed by atoms with E-state index < -0.39 is 11.9 Å². The van der Waals surface area contributed by atoms with Gasteiger partial charge < -0.3 is 14.8 Å². The van der Waals surface area contributed by atoms with E-state index in [1.807, 2.05) is 43.3 Å². The van der Waals surface area contributed by atoms with Gasteiger partial charge in [0.25, 0.3) is 0 Å². The van der Waals surface area contributed by atoms with Crippen LogP contribution in [0.25, 0.3) is 5.70 Å². The Morgan fingerprint density at radius 3 is 2.45 bits per heavy atom. The highest BCUT2D eigenvalue weighted by atomic mass is 127. The zero-order valence-corrected chi connectivity index (χ0v) is 21.0. The quantitative estimate of drug-likeness (QED) is 0.301. The normalized spacial score (nSPS) is 17.0. The monoisotopic (exact) mass is 637 g/mol. The molecule has 1 heterocycles. The van der Waals surface area contributed by atoms with Gasteiger partial charge in [0, 0.05) is 28.3 Å². The van der Waals surface area contributed by atoms with Gasteiger partial charge in [0.05, 0.1) is 25.5 Å². The van der Waals surface area contributed by atoms with Crippen molar-refractivity contribution in [2.75, 3.05) is 13.7 Å². The molecule has 1 aliphatic carbocycles. The fourth-order valence-electron chi connectivity index (χ4n) is 4.04. The van der Waals surface area contributed by atoms with Crippen molar-refractivity contribution in [1.82, 2.24) is 5.32 Å². The van der Waals surface area contributed by atoms with Crippen molar-refractivity contribution < 1.29 is 19.1 Å². The predicted molar refractivity (Wildman–Crippen MR) is 134 cm³/mol. The Balaban J connectivity index is 1.92. The molecule has 2 aromatic carbocycles. The van der Waals surface area contributed by atoms with Crippen LogP contribution in [-0.4, -0.2) is 25.5 Å². The summed E-state index contributed by atoms with van der Waals surface area (Å²) in [6.07, 6.45) is 5.33. The summed E-state index contributed by atoms with van der Waals surface area (Å²) in [7, 11) is 1.35. The number of carbonyl (C=O) groups is 2. The van der Waals surface area contributed by atoms with Crippen molar-refractivity contribution in [1.29, 1.82) is 0 Å². The number of dihydropyridines is 1. The molecule has 0 amide bonds. The number of nitrogens with one attached hydrogen (secondary N) is 1. The predicted octanol–water partition coefficient (Wildman–Crippen LogP) is 4.65. The van der Waals surface area contributed by atoms with E-state index >= 15 is 0 Å². The number of fused-ring (bicyclic) bond motifs is 2. The van der Waals surface area contributed by atoms with Crippen LogP contribution in [0.15, 0.2) is 53.2 Å². The van der Waals surface area contributed by atoms with Crippen LogP contribution in [0.2, 0.25) is 0 Å². The molecule has 2 aliphatic rings. The Labute approximate surface area is 207 Å². The number of esters is 1. The van der Waals surface area contributed by atoms with Crippen LogP contribution in [0, 0.1) is 19.5 Å². The summed E-state index contributed by atoms with van der Waals surface area (Å²) in [5, 5.41) is 3.29. The molecule has 156 valence electrons. The van der Waals surface area contributed by atoms with Crippen LogP contribution >= 0.6 is 45.2 Å². The molecule has 31 heavy (non-hydrogen) atoms. The summed E-state index contributed by atoms with van der Waals surface area (Å²) in [5.74, 6) is 2.04. The van der Waals surface area contributed by atoms with E-state index in [1.165, 1.54) is 7.11 Å². The lowest BCUT2D eigenvalue weighted by Crippen LogP contribution is -2.29. The zero-order chi connectivity index (χ0) is 22.3. The maximum atomic E-state index is 13.4.